The molecule has 1 fully saturated rings. The highest BCUT2D eigenvalue weighted by Gasteiger charge is 2.36. The lowest BCUT2D eigenvalue weighted by Crippen LogP contribution is -2.47. The van der Waals surface area contributed by atoms with Gasteiger partial charge in [-0.25, -0.2) is 0 Å². The van der Waals surface area contributed by atoms with Crippen molar-refractivity contribution in [1.82, 2.24) is 5.32 Å². The van der Waals surface area contributed by atoms with Crippen LogP contribution in [-0.2, 0) is 16.6 Å². The number of carbonyl (C=O) groups is 1. The summed E-state index contributed by atoms with van der Waals surface area (Å²) in [4.78, 5) is 12.4. The van der Waals surface area contributed by atoms with Gasteiger partial charge in [-0.2, -0.15) is 0 Å². The molecule has 1 amide bonds. The van der Waals surface area contributed by atoms with Gasteiger partial charge >= 0.3 is 0 Å². The Balaban J connectivity index is 0.00000225. The van der Waals surface area contributed by atoms with E-state index in [2.05, 4.69) is 29.6 Å². The van der Waals surface area contributed by atoms with Crippen molar-refractivity contribution in [3.05, 3.63) is 71.8 Å². The fraction of sp³-hybridized carbons (Fsp3) is 0.381. The maximum Gasteiger partial charge on any atom is 0.237 e. The van der Waals surface area contributed by atoms with Gasteiger partial charge in [0, 0.05) is 12.0 Å². The zero-order valence-corrected chi connectivity index (χ0v) is 15.3. The summed E-state index contributed by atoms with van der Waals surface area (Å²) in [6.07, 6.45) is 5.28. The van der Waals surface area contributed by atoms with Crippen LogP contribution in [0, 0.1) is 0 Å². The maximum atomic E-state index is 12.4. The molecule has 1 aliphatic rings. The van der Waals surface area contributed by atoms with Gasteiger partial charge in [-0.05, 0) is 30.4 Å². The molecule has 3 N–H and O–H groups in total. The summed E-state index contributed by atoms with van der Waals surface area (Å²) in [6, 6.07) is 20.0. The molecule has 2 aromatic carbocycles. The highest BCUT2D eigenvalue weighted by molar-refractivity contribution is 5.85. The highest BCUT2D eigenvalue weighted by atomic mass is 35.5. The van der Waals surface area contributed by atoms with Crippen LogP contribution in [0.1, 0.15) is 36.8 Å². The molecule has 0 spiro atoms. The Labute approximate surface area is 156 Å². The van der Waals surface area contributed by atoms with Crippen LogP contribution in [0.15, 0.2) is 60.7 Å². The standard InChI is InChI=1S/C21H26N2O.ClH/c22-19(15-17-9-3-1-4-10-17)20(24)23-16-21(13-7-8-14-21)18-11-5-2-6-12-18;/h1-6,9-12,19H,7-8,13-16,22H2,(H,23,24);1H. The number of benzene rings is 2. The Morgan fingerprint density at radius 1 is 1.00 bits per heavy atom. The van der Waals surface area contributed by atoms with E-state index in [-0.39, 0.29) is 23.7 Å². The van der Waals surface area contributed by atoms with Crippen LogP contribution < -0.4 is 11.1 Å². The van der Waals surface area contributed by atoms with Crippen molar-refractivity contribution in [2.75, 3.05) is 6.54 Å². The van der Waals surface area contributed by atoms with Crippen LogP contribution in [-0.4, -0.2) is 18.5 Å². The minimum absolute atomic E-state index is 0. The van der Waals surface area contributed by atoms with Gasteiger partial charge in [-0.3, -0.25) is 4.79 Å². The van der Waals surface area contributed by atoms with E-state index in [9.17, 15) is 4.79 Å². The first-order chi connectivity index (χ1) is 11.7. The highest BCUT2D eigenvalue weighted by Crippen LogP contribution is 2.40. The fourth-order valence-corrected chi connectivity index (χ4v) is 3.76. The van der Waals surface area contributed by atoms with E-state index >= 15 is 0 Å². The van der Waals surface area contributed by atoms with Gasteiger partial charge < -0.3 is 11.1 Å². The van der Waals surface area contributed by atoms with Gasteiger partial charge in [-0.15, -0.1) is 12.4 Å². The number of nitrogens with one attached hydrogen (secondary N) is 1. The monoisotopic (exact) mass is 358 g/mol. The number of nitrogens with two attached hydrogens (primary N) is 1. The molecule has 134 valence electrons. The van der Waals surface area contributed by atoms with Crippen LogP contribution >= 0.6 is 12.4 Å². The quantitative estimate of drug-likeness (QED) is 0.828. The van der Waals surface area contributed by atoms with E-state index < -0.39 is 6.04 Å². The van der Waals surface area contributed by atoms with E-state index in [0.29, 0.717) is 13.0 Å². The molecule has 25 heavy (non-hydrogen) atoms. The van der Waals surface area contributed by atoms with E-state index in [1.807, 2.05) is 36.4 Å². The zero-order valence-electron chi connectivity index (χ0n) is 14.5. The van der Waals surface area contributed by atoms with E-state index in [1.54, 1.807) is 0 Å². The molecule has 1 aliphatic carbocycles. The molecule has 0 aromatic heterocycles. The Hall–Kier alpha value is -1.84. The summed E-state index contributed by atoms with van der Waals surface area (Å²) in [5.41, 5.74) is 8.61. The number of amides is 1. The van der Waals surface area contributed by atoms with Crippen molar-refractivity contribution in [1.29, 1.82) is 0 Å². The zero-order chi connectivity index (χ0) is 16.8. The van der Waals surface area contributed by atoms with Crippen molar-refractivity contribution in [2.24, 2.45) is 5.73 Å². The molecule has 1 unspecified atom stereocenters. The second-order valence-corrected chi connectivity index (χ2v) is 6.87. The van der Waals surface area contributed by atoms with Crippen molar-refractivity contribution in [2.45, 2.75) is 43.6 Å². The normalized spacial score (nSPS) is 16.7. The lowest BCUT2D eigenvalue weighted by Gasteiger charge is -2.30. The molecule has 0 radical (unpaired) electrons. The van der Waals surface area contributed by atoms with Gasteiger partial charge in [0.25, 0.3) is 0 Å². The third-order valence-electron chi connectivity index (χ3n) is 5.18. The summed E-state index contributed by atoms with van der Waals surface area (Å²) in [5, 5.41) is 3.12. The van der Waals surface area contributed by atoms with E-state index in [1.165, 1.54) is 18.4 Å². The summed E-state index contributed by atoms with van der Waals surface area (Å²) in [5.74, 6) is -0.0546. The molecule has 1 saturated carbocycles. The molecule has 3 rings (SSSR count). The average molecular weight is 359 g/mol. The summed E-state index contributed by atoms with van der Waals surface area (Å²) >= 11 is 0. The van der Waals surface area contributed by atoms with Crippen molar-refractivity contribution >= 4 is 18.3 Å². The number of hydrogen-bond acceptors (Lipinski definition) is 2. The third-order valence-corrected chi connectivity index (χ3v) is 5.18. The molecular weight excluding hydrogens is 332 g/mol. The number of hydrogen-bond donors (Lipinski definition) is 2. The predicted molar refractivity (Wildman–Crippen MR) is 105 cm³/mol. The minimum Gasteiger partial charge on any atom is -0.354 e. The van der Waals surface area contributed by atoms with Gasteiger partial charge in [0.2, 0.25) is 5.91 Å². The van der Waals surface area contributed by atoms with Crippen molar-refractivity contribution < 1.29 is 4.79 Å². The molecule has 3 nitrogen and oxygen atoms in total. The first kappa shape index (κ1) is 19.5. The summed E-state index contributed by atoms with van der Waals surface area (Å²) in [7, 11) is 0. The summed E-state index contributed by atoms with van der Waals surface area (Å²) < 4.78 is 0. The topological polar surface area (TPSA) is 55.1 Å². The second kappa shape index (κ2) is 9.02. The molecular formula is C21H27ClN2O. The Morgan fingerprint density at radius 2 is 1.56 bits per heavy atom. The van der Waals surface area contributed by atoms with Gasteiger partial charge in [0.15, 0.2) is 0 Å². The number of carbonyl (C=O) groups excluding carboxylic acids is 1. The third kappa shape index (κ3) is 4.83. The van der Waals surface area contributed by atoms with Gasteiger partial charge in [0.05, 0.1) is 6.04 Å². The average Bonchev–Trinajstić information content (AvgIpc) is 3.11. The van der Waals surface area contributed by atoms with E-state index in [0.717, 1.165) is 18.4 Å². The smallest absolute Gasteiger partial charge is 0.237 e. The van der Waals surface area contributed by atoms with Crippen LogP contribution in [0.25, 0.3) is 0 Å². The van der Waals surface area contributed by atoms with Crippen LogP contribution in [0.5, 0.6) is 0 Å². The minimum atomic E-state index is -0.498. The van der Waals surface area contributed by atoms with Crippen molar-refractivity contribution in [3.8, 4) is 0 Å². The lowest BCUT2D eigenvalue weighted by atomic mass is 9.79. The Morgan fingerprint density at radius 3 is 2.16 bits per heavy atom. The molecule has 1 atom stereocenters. The molecule has 0 bridgehead atoms. The van der Waals surface area contributed by atoms with Crippen LogP contribution in [0.4, 0.5) is 0 Å². The lowest BCUT2D eigenvalue weighted by molar-refractivity contribution is -0.122. The van der Waals surface area contributed by atoms with Crippen LogP contribution in [0.3, 0.4) is 0 Å². The fourth-order valence-electron chi connectivity index (χ4n) is 3.76. The van der Waals surface area contributed by atoms with Crippen LogP contribution in [0.2, 0.25) is 0 Å². The van der Waals surface area contributed by atoms with E-state index in [4.69, 9.17) is 5.73 Å². The predicted octanol–water partition coefficient (Wildman–Crippen LogP) is 3.61. The molecule has 0 aliphatic heterocycles. The molecule has 4 heteroatoms. The largest absolute Gasteiger partial charge is 0.354 e. The Bertz CT molecular complexity index is 654. The summed E-state index contributed by atoms with van der Waals surface area (Å²) in [6.45, 7) is 0.679. The first-order valence-electron chi connectivity index (χ1n) is 8.82. The molecule has 2 aromatic rings. The van der Waals surface area contributed by atoms with Crippen molar-refractivity contribution in [3.63, 3.8) is 0 Å². The maximum absolute atomic E-state index is 12.4. The first-order valence-corrected chi connectivity index (χ1v) is 8.82. The SMILES string of the molecule is Cl.NC(Cc1ccccc1)C(=O)NCC1(c2ccccc2)CCCC1. The molecule has 0 saturated heterocycles. The van der Waals surface area contributed by atoms with Gasteiger partial charge in [0.1, 0.15) is 0 Å². The van der Waals surface area contributed by atoms with Gasteiger partial charge in [-0.1, -0.05) is 73.5 Å². The Kier molecular flexibility index (Phi) is 7.03. The second-order valence-electron chi connectivity index (χ2n) is 6.87. The number of halogens is 1. The molecule has 0 heterocycles. The number of rotatable bonds is 6.